The molecule has 4 nitrogen and oxygen atoms in total. The van der Waals surface area contributed by atoms with Crippen molar-refractivity contribution in [3.05, 3.63) is 0 Å². The van der Waals surface area contributed by atoms with Crippen molar-refractivity contribution in [3.8, 4) is 0 Å². The predicted octanol–water partition coefficient (Wildman–Crippen LogP) is 0.331. The fourth-order valence-corrected chi connectivity index (χ4v) is 1.36. The molecule has 0 aromatic rings. The molecule has 68 valence electrons. The molecule has 1 rings (SSSR count). The zero-order valence-electron chi connectivity index (χ0n) is 7.70. The highest BCUT2D eigenvalue weighted by atomic mass is 16.2. The molecule has 1 aliphatic rings. The third kappa shape index (κ3) is 1.57. The van der Waals surface area contributed by atoms with Crippen molar-refractivity contribution in [3.63, 3.8) is 0 Å². The van der Waals surface area contributed by atoms with Crippen LogP contribution < -0.4 is 0 Å². The summed E-state index contributed by atoms with van der Waals surface area (Å²) >= 11 is 0. The Morgan fingerprint density at radius 1 is 1.58 bits per heavy atom. The van der Waals surface area contributed by atoms with Crippen molar-refractivity contribution in [1.29, 1.82) is 0 Å². The largest absolute Gasteiger partial charge is 0.331 e. The van der Waals surface area contributed by atoms with E-state index in [1.165, 1.54) is 4.90 Å². The smallest absolute Gasteiger partial charge is 0.320 e. The highest BCUT2D eigenvalue weighted by Gasteiger charge is 2.31. The SMILES string of the molecule is CC1CC(=O)CN1C(=O)N(C)C. The van der Waals surface area contributed by atoms with E-state index < -0.39 is 0 Å². The number of hydrogen-bond acceptors (Lipinski definition) is 2. The molecule has 1 saturated heterocycles. The van der Waals surface area contributed by atoms with Crippen molar-refractivity contribution >= 4 is 11.8 Å². The van der Waals surface area contributed by atoms with E-state index in [0.29, 0.717) is 6.42 Å². The van der Waals surface area contributed by atoms with Gasteiger partial charge in [-0.05, 0) is 6.92 Å². The number of ketones is 1. The topological polar surface area (TPSA) is 40.6 Å². The second-order valence-corrected chi connectivity index (χ2v) is 3.40. The predicted molar refractivity (Wildman–Crippen MR) is 44.9 cm³/mol. The molecular weight excluding hydrogens is 156 g/mol. The molecule has 0 aromatic heterocycles. The molecule has 4 heteroatoms. The van der Waals surface area contributed by atoms with E-state index in [1.54, 1.807) is 19.0 Å². The number of hydrogen-bond donors (Lipinski definition) is 0. The normalized spacial score (nSPS) is 23.1. The molecule has 1 heterocycles. The lowest BCUT2D eigenvalue weighted by Gasteiger charge is -2.24. The van der Waals surface area contributed by atoms with Gasteiger partial charge in [0.15, 0.2) is 5.78 Å². The molecule has 0 radical (unpaired) electrons. The quantitative estimate of drug-likeness (QED) is 0.525. The number of urea groups is 1. The number of carbonyl (C=O) groups excluding carboxylic acids is 2. The highest BCUT2D eigenvalue weighted by Crippen LogP contribution is 2.14. The average molecular weight is 170 g/mol. The van der Waals surface area contributed by atoms with Gasteiger partial charge in [-0.25, -0.2) is 4.79 Å². The second-order valence-electron chi connectivity index (χ2n) is 3.40. The number of carbonyl (C=O) groups is 2. The molecular formula is C8H14N2O2. The molecule has 12 heavy (non-hydrogen) atoms. The summed E-state index contributed by atoms with van der Waals surface area (Å²) in [5.41, 5.74) is 0. The first-order valence-corrected chi connectivity index (χ1v) is 4.02. The fourth-order valence-electron chi connectivity index (χ4n) is 1.36. The van der Waals surface area contributed by atoms with Crippen LogP contribution in [0.15, 0.2) is 0 Å². The van der Waals surface area contributed by atoms with E-state index in [1.807, 2.05) is 6.92 Å². The minimum atomic E-state index is -0.0756. The molecule has 0 saturated carbocycles. The van der Waals surface area contributed by atoms with Crippen LogP contribution in [0.4, 0.5) is 4.79 Å². The van der Waals surface area contributed by atoms with Gasteiger partial charge in [-0.2, -0.15) is 0 Å². The van der Waals surface area contributed by atoms with Gasteiger partial charge in [-0.3, -0.25) is 4.79 Å². The first-order chi connectivity index (χ1) is 5.52. The van der Waals surface area contributed by atoms with Crippen LogP contribution in [-0.2, 0) is 4.79 Å². The first-order valence-electron chi connectivity index (χ1n) is 4.02. The third-order valence-electron chi connectivity index (χ3n) is 2.03. The van der Waals surface area contributed by atoms with Gasteiger partial charge < -0.3 is 9.80 Å². The Labute approximate surface area is 72.1 Å². The average Bonchev–Trinajstić information content (AvgIpc) is 2.28. The van der Waals surface area contributed by atoms with Crippen LogP contribution in [0.5, 0.6) is 0 Å². The molecule has 1 fully saturated rings. The lowest BCUT2D eigenvalue weighted by Crippen LogP contribution is -2.41. The zero-order valence-corrected chi connectivity index (χ0v) is 7.70. The van der Waals surface area contributed by atoms with Gasteiger partial charge in [0.1, 0.15) is 0 Å². The fraction of sp³-hybridized carbons (Fsp3) is 0.750. The summed E-state index contributed by atoms with van der Waals surface area (Å²) in [6.07, 6.45) is 0.500. The summed E-state index contributed by atoms with van der Waals surface area (Å²) in [6.45, 7) is 2.17. The van der Waals surface area contributed by atoms with Gasteiger partial charge in [-0.15, -0.1) is 0 Å². The van der Waals surface area contributed by atoms with Gasteiger partial charge in [-0.1, -0.05) is 0 Å². The molecule has 0 aromatic carbocycles. The lowest BCUT2D eigenvalue weighted by atomic mass is 10.2. The number of likely N-dealkylation sites (tertiary alicyclic amines) is 1. The van der Waals surface area contributed by atoms with Gasteiger partial charge in [0.2, 0.25) is 0 Å². The van der Waals surface area contributed by atoms with Gasteiger partial charge in [0.05, 0.1) is 6.54 Å². The first kappa shape index (κ1) is 9.03. The maximum absolute atomic E-state index is 11.4. The summed E-state index contributed by atoms with van der Waals surface area (Å²) in [7, 11) is 3.38. The Hall–Kier alpha value is -1.06. The minimum absolute atomic E-state index is 0.0624. The Morgan fingerprint density at radius 2 is 2.17 bits per heavy atom. The molecule has 1 unspecified atom stereocenters. The van der Waals surface area contributed by atoms with Gasteiger partial charge in [0.25, 0.3) is 0 Å². The standard InChI is InChI=1S/C8H14N2O2/c1-6-4-7(11)5-10(6)8(12)9(2)3/h6H,4-5H2,1-3H3. The number of nitrogens with zero attached hydrogens (tertiary/aromatic N) is 2. The van der Waals surface area contributed by atoms with Crippen LogP contribution in [0.25, 0.3) is 0 Å². The molecule has 2 amide bonds. The Morgan fingerprint density at radius 3 is 2.50 bits per heavy atom. The zero-order chi connectivity index (χ0) is 9.30. The van der Waals surface area contributed by atoms with Gasteiger partial charge in [0, 0.05) is 26.6 Å². The van der Waals surface area contributed by atoms with Crippen LogP contribution in [0.1, 0.15) is 13.3 Å². The van der Waals surface area contributed by atoms with E-state index in [4.69, 9.17) is 0 Å². The summed E-state index contributed by atoms with van der Waals surface area (Å²) in [6, 6.07) is -0.0132. The van der Waals surface area contributed by atoms with Gasteiger partial charge >= 0.3 is 6.03 Å². The summed E-state index contributed by atoms with van der Waals surface area (Å²) in [5.74, 6) is 0.151. The minimum Gasteiger partial charge on any atom is -0.331 e. The monoisotopic (exact) mass is 170 g/mol. The van der Waals surface area contributed by atoms with E-state index in [9.17, 15) is 9.59 Å². The van der Waals surface area contributed by atoms with Crippen molar-refractivity contribution < 1.29 is 9.59 Å². The highest BCUT2D eigenvalue weighted by molar-refractivity contribution is 5.89. The van der Waals surface area contributed by atoms with Crippen molar-refractivity contribution in [2.24, 2.45) is 0 Å². The van der Waals surface area contributed by atoms with Crippen molar-refractivity contribution in [2.45, 2.75) is 19.4 Å². The number of rotatable bonds is 0. The molecule has 0 spiro atoms. The molecule has 1 aliphatic heterocycles. The Balaban J connectivity index is 2.64. The Bertz CT molecular complexity index is 213. The van der Waals surface area contributed by atoms with Crippen LogP contribution in [0, 0.1) is 0 Å². The number of amides is 2. The van der Waals surface area contributed by atoms with Crippen molar-refractivity contribution in [1.82, 2.24) is 9.80 Å². The van der Waals surface area contributed by atoms with Crippen molar-refractivity contribution in [2.75, 3.05) is 20.6 Å². The van der Waals surface area contributed by atoms with E-state index >= 15 is 0 Å². The second kappa shape index (κ2) is 3.13. The number of Topliss-reactive ketones (excluding diaryl/α,β-unsaturated/α-hetero) is 1. The summed E-state index contributed by atoms with van der Waals surface area (Å²) in [5, 5.41) is 0. The van der Waals surface area contributed by atoms with Crippen LogP contribution in [0.2, 0.25) is 0 Å². The van der Waals surface area contributed by atoms with Crippen LogP contribution in [0.3, 0.4) is 0 Å². The van der Waals surface area contributed by atoms with E-state index in [-0.39, 0.29) is 24.4 Å². The molecule has 1 atom stereocenters. The lowest BCUT2D eigenvalue weighted by molar-refractivity contribution is -0.116. The molecule has 0 aliphatic carbocycles. The summed E-state index contributed by atoms with van der Waals surface area (Å²) < 4.78 is 0. The molecule has 0 bridgehead atoms. The van der Waals surface area contributed by atoms with Crippen LogP contribution in [-0.4, -0.2) is 48.3 Å². The van der Waals surface area contributed by atoms with Crippen LogP contribution >= 0.6 is 0 Å². The van der Waals surface area contributed by atoms with E-state index in [2.05, 4.69) is 0 Å². The van der Waals surface area contributed by atoms with E-state index in [0.717, 1.165) is 0 Å². The summed E-state index contributed by atoms with van der Waals surface area (Å²) in [4.78, 5) is 25.5. The third-order valence-corrected chi connectivity index (χ3v) is 2.03. The maximum Gasteiger partial charge on any atom is 0.320 e. The maximum atomic E-state index is 11.4. The Kier molecular flexibility index (Phi) is 2.35. The molecule has 0 N–H and O–H groups in total.